The highest BCUT2D eigenvalue weighted by Gasteiger charge is 2.42. The lowest BCUT2D eigenvalue weighted by atomic mass is 9.68. The van der Waals surface area contributed by atoms with E-state index in [9.17, 15) is 0 Å². The standard InChI is InChI=1S/C22H19N/c1-15-6-10-17(11-7-15)23-19-13-9-16-8-12-18(19)21-20(23)5-3-4-14-22(16,21)2/h3-14,16H,1-2H3/t16?,22-/m0/s1. The number of hydrogen-bond donors (Lipinski definition) is 0. The summed E-state index contributed by atoms with van der Waals surface area (Å²) in [6.45, 7) is 4.50. The van der Waals surface area contributed by atoms with E-state index in [1.807, 2.05) is 0 Å². The van der Waals surface area contributed by atoms with Gasteiger partial charge in [-0.2, -0.15) is 0 Å². The Morgan fingerprint density at radius 3 is 2.52 bits per heavy atom. The van der Waals surface area contributed by atoms with Gasteiger partial charge in [0, 0.05) is 22.6 Å². The molecule has 23 heavy (non-hydrogen) atoms. The predicted molar refractivity (Wildman–Crippen MR) is 97.6 cm³/mol. The zero-order valence-corrected chi connectivity index (χ0v) is 13.5. The van der Waals surface area contributed by atoms with Gasteiger partial charge in [0.2, 0.25) is 0 Å². The number of aromatic nitrogens is 1. The molecule has 2 atom stereocenters. The van der Waals surface area contributed by atoms with Crippen LogP contribution in [0.4, 0.5) is 0 Å². The number of nitrogens with zero attached hydrogens (tertiary/aromatic N) is 1. The number of benzene rings is 1. The second-order valence-corrected chi connectivity index (χ2v) is 6.98. The van der Waals surface area contributed by atoms with E-state index in [0.29, 0.717) is 5.92 Å². The summed E-state index contributed by atoms with van der Waals surface area (Å²) in [6.07, 6.45) is 18.4. The molecule has 1 unspecified atom stereocenters. The Hall–Kier alpha value is -2.54. The molecule has 1 nitrogen and oxygen atoms in total. The van der Waals surface area contributed by atoms with Gasteiger partial charge in [-0.15, -0.1) is 0 Å². The summed E-state index contributed by atoms with van der Waals surface area (Å²) < 4.78 is 2.41. The van der Waals surface area contributed by atoms with Crippen molar-refractivity contribution in [1.29, 1.82) is 0 Å². The Balaban J connectivity index is 1.91. The molecule has 4 bridgehead atoms. The van der Waals surface area contributed by atoms with Gasteiger partial charge in [-0.05, 0) is 36.8 Å². The minimum atomic E-state index is 0.0423. The van der Waals surface area contributed by atoms with Gasteiger partial charge in [-0.25, -0.2) is 0 Å². The van der Waals surface area contributed by atoms with Gasteiger partial charge in [-0.3, -0.25) is 0 Å². The topological polar surface area (TPSA) is 4.93 Å². The maximum absolute atomic E-state index is 2.41. The molecule has 0 saturated carbocycles. The van der Waals surface area contributed by atoms with Crippen molar-refractivity contribution in [2.45, 2.75) is 19.3 Å². The summed E-state index contributed by atoms with van der Waals surface area (Å²) >= 11 is 0. The fraction of sp³-hybridized carbons (Fsp3) is 0.182. The summed E-state index contributed by atoms with van der Waals surface area (Å²) in [4.78, 5) is 0. The molecule has 4 aliphatic carbocycles. The molecule has 0 fully saturated rings. The first-order valence-corrected chi connectivity index (χ1v) is 8.27. The molecule has 0 aliphatic heterocycles. The van der Waals surface area contributed by atoms with Crippen molar-refractivity contribution in [2.75, 3.05) is 0 Å². The van der Waals surface area contributed by atoms with E-state index in [4.69, 9.17) is 0 Å². The highest BCUT2D eigenvalue weighted by molar-refractivity contribution is 5.81. The SMILES string of the molecule is Cc1ccc(-n2c3c4c5c2C=CC=C[C@@]5(C)C(C=C4)C=C3)cc1. The largest absolute Gasteiger partial charge is 0.310 e. The summed E-state index contributed by atoms with van der Waals surface area (Å²) in [7, 11) is 0. The zero-order valence-electron chi connectivity index (χ0n) is 13.5. The van der Waals surface area contributed by atoms with Gasteiger partial charge >= 0.3 is 0 Å². The number of rotatable bonds is 1. The molecule has 0 N–H and O–H groups in total. The van der Waals surface area contributed by atoms with Crippen LogP contribution in [0.2, 0.25) is 0 Å². The molecule has 112 valence electrons. The smallest absolute Gasteiger partial charge is 0.0534 e. The molecule has 1 heterocycles. The fourth-order valence-electron chi connectivity index (χ4n) is 4.28. The number of allylic oxidation sites excluding steroid dienone is 5. The third-order valence-electron chi connectivity index (χ3n) is 5.55. The fourth-order valence-corrected chi connectivity index (χ4v) is 4.28. The van der Waals surface area contributed by atoms with E-state index >= 15 is 0 Å². The van der Waals surface area contributed by atoms with Crippen molar-refractivity contribution in [1.82, 2.24) is 4.57 Å². The monoisotopic (exact) mass is 297 g/mol. The first-order valence-electron chi connectivity index (χ1n) is 8.27. The molecule has 2 aromatic rings. The Labute approximate surface area is 137 Å². The summed E-state index contributed by atoms with van der Waals surface area (Å²) in [6, 6.07) is 8.83. The van der Waals surface area contributed by atoms with Gasteiger partial charge in [0.25, 0.3) is 0 Å². The maximum Gasteiger partial charge on any atom is 0.0534 e. The van der Waals surface area contributed by atoms with E-state index in [0.717, 1.165) is 0 Å². The Morgan fingerprint density at radius 1 is 0.913 bits per heavy atom. The average Bonchev–Trinajstić information content (AvgIpc) is 2.71. The first-order chi connectivity index (χ1) is 11.2. The highest BCUT2D eigenvalue weighted by atomic mass is 15.0. The summed E-state index contributed by atoms with van der Waals surface area (Å²) in [5.41, 5.74) is 8.05. The van der Waals surface area contributed by atoms with Gasteiger partial charge in [-0.1, -0.05) is 61.1 Å². The van der Waals surface area contributed by atoms with Gasteiger partial charge in [0.15, 0.2) is 0 Å². The van der Waals surface area contributed by atoms with Crippen LogP contribution in [0.25, 0.3) is 23.9 Å². The van der Waals surface area contributed by atoms with Gasteiger partial charge < -0.3 is 4.57 Å². The molecule has 0 saturated heterocycles. The Kier molecular flexibility index (Phi) is 2.40. The predicted octanol–water partition coefficient (Wildman–Crippen LogP) is 5.30. The van der Waals surface area contributed by atoms with Crippen LogP contribution in [-0.2, 0) is 5.41 Å². The lowest BCUT2D eigenvalue weighted by Gasteiger charge is -2.34. The van der Waals surface area contributed by atoms with Crippen LogP contribution in [0.1, 0.15) is 35.0 Å². The lowest BCUT2D eigenvalue weighted by Crippen LogP contribution is -2.30. The first kappa shape index (κ1) is 13.0. The molecule has 0 radical (unpaired) electrons. The molecular weight excluding hydrogens is 278 g/mol. The van der Waals surface area contributed by atoms with Crippen molar-refractivity contribution >= 4 is 18.2 Å². The van der Waals surface area contributed by atoms with Crippen LogP contribution in [0.5, 0.6) is 0 Å². The summed E-state index contributed by atoms with van der Waals surface area (Å²) in [5, 5.41) is 0. The number of aryl methyl sites for hydroxylation is 1. The molecule has 1 aromatic heterocycles. The van der Waals surface area contributed by atoms with Gasteiger partial charge in [0.1, 0.15) is 0 Å². The van der Waals surface area contributed by atoms with Crippen molar-refractivity contribution in [3.63, 3.8) is 0 Å². The Bertz CT molecular complexity index is 931. The second kappa shape index (κ2) is 4.26. The molecule has 4 aliphatic rings. The van der Waals surface area contributed by atoms with Crippen LogP contribution >= 0.6 is 0 Å². The van der Waals surface area contributed by atoms with E-state index in [1.54, 1.807) is 0 Å². The van der Waals surface area contributed by atoms with E-state index in [-0.39, 0.29) is 5.41 Å². The highest BCUT2D eigenvalue weighted by Crippen LogP contribution is 2.50. The van der Waals surface area contributed by atoms with Crippen LogP contribution in [-0.4, -0.2) is 4.57 Å². The third kappa shape index (κ3) is 1.57. The maximum atomic E-state index is 2.41. The quantitative estimate of drug-likeness (QED) is 0.673. The average molecular weight is 297 g/mol. The van der Waals surface area contributed by atoms with Crippen molar-refractivity contribution in [2.24, 2.45) is 5.92 Å². The van der Waals surface area contributed by atoms with Crippen molar-refractivity contribution in [3.05, 3.63) is 82.7 Å². The zero-order chi connectivity index (χ0) is 15.6. The van der Waals surface area contributed by atoms with E-state index in [1.165, 1.54) is 33.8 Å². The van der Waals surface area contributed by atoms with Crippen LogP contribution in [0, 0.1) is 12.8 Å². The van der Waals surface area contributed by atoms with E-state index in [2.05, 4.69) is 91.3 Å². The minimum Gasteiger partial charge on any atom is -0.310 e. The molecule has 0 spiro atoms. The molecule has 0 amide bonds. The Morgan fingerprint density at radius 2 is 1.70 bits per heavy atom. The van der Waals surface area contributed by atoms with Gasteiger partial charge in [0.05, 0.1) is 11.4 Å². The van der Waals surface area contributed by atoms with Crippen molar-refractivity contribution < 1.29 is 0 Å². The second-order valence-electron chi connectivity index (χ2n) is 6.98. The van der Waals surface area contributed by atoms with Crippen molar-refractivity contribution in [3.8, 4) is 5.69 Å². The molecule has 1 heteroatoms. The number of hydrogen-bond acceptors (Lipinski definition) is 0. The minimum absolute atomic E-state index is 0.0423. The molecule has 1 aromatic carbocycles. The van der Waals surface area contributed by atoms with Crippen LogP contribution in [0.15, 0.2) is 54.6 Å². The lowest BCUT2D eigenvalue weighted by molar-refractivity contribution is 0.501. The van der Waals surface area contributed by atoms with Crippen LogP contribution in [0.3, 0.4) is 0 Å². The molecular formula is C22H19N. The third-order valence-corrected chi connectivity index (χ3v) is 5.55. The van der Waals surface area contributed by atoms with Crippen LogP contribution < -0.4 is 0 Å². The normalized spacial score (nSPS) is 25.7. The molecule has 6 rings (SSSR count). The summed E-state index contributed by atoms with van der Waals surface area (Å²) in [5.74, 6) is 0.435. The van der Waals surface area contributed by atoms with E-state index < -0.39 is 0 Å².